The molecule has 0 radical (unpaired) electrons. The van der Waals surface area contributed by atoms with Crippen molar-refractivity contribution in [3.05, 3.63) is 35.9 Å². The minimum absolute atomic E-state index is 0.0378. The maximum Gasteiger partial charge on any atom is 0.251 e. The van der Waals surface area contributed by atoms with Gasteiger partial charge in [-0.1, -0.05) is 18.2 Å². The number of sulfonamides is 1. The Labute approximate surface area is 179 Å². The van der Waals surface area contributed by atoms with E-state index in [1.54, 1.807) is 38.1 Å². The largest absolute Gasteiger partial charge is 0.341 e. The summed E-state index contributed by atoms with van der Waals surface area (Å²) in [4.78, 5) is 28.0. The molecule has 0 aromatic heterocycles. The molecule has 7 nitrogen and oxygen atoms in total. The van der Waals surface area contributed by atoms with Crippen LogP contribution in [0.25, 0.3) is 0 Å². The molecule has 0 bridgehead atoms. The average Bonchev–Trinajstić information content (AvgIpc) is 2.78. The summed E-state index contributed by atoms with van der Waals surface area (Å²) in [5.41, 5.74) is 0.522. The smallest absolute Gasteiger partial charge is 0.251 e. The van der Waals surface area contributed by atoms with Gasteiger partial charge in [-0.2, -0.15) is 0 Å². The van der Waals surface area contributed by atoms with Crippen LogP contribution in [0, 0.1) is 5.92 Å². The van der Waals surface area contributed by atoms with Crippen LogP contribution >= 0.6 is 0 Å². The van der Waals surface area contributed by atoms with Crippen LogP contribution in [0.2, 0.25) is 0 Å². The number of amides is 2. The van der Waals surface area contributed by atoms with E-state index in [2.05, 4.69) is 5.32 Å². The molecule has 2 saturated heterocycles. The molecule has 30 heavy (non-hydrogen) atoms. The number of benzene rings is 1. The van der Waals surface area contributed by atoms with E-state index in [1.165, 1.54) is 4.31 Å². The number of rotatable bonds is 6. The summed E-state index contributed by atoms with van der Waals surface area (Å²) in [6.07, 6.45) is 4.21. The second-order valence-electron chi connectivity index (χ2n) is 8.53. The summed E-state index contributed by atoms with van der Waals surface area (Å²) in [6.45, 7) is 5.58. The van der Waals surface area contributed by atoms with Gasteiger partial charge in [-0.25, -0.2) is 12.7 Å². The average molecular weight is 436 g/mol. The highest BCUT2D eigenvalue weighted by atomic mass is 32.2. The molecule has 2 amide bonds. The zero-order valence-electron chi connectivity index (χ0n) is 17.9. The zero-order chi connectivity index (χ0) is 21.7. The van der Waals surface area contributed by atoms with Gasteiger partial charge in [-0.3, -0.25) is 9.59 Å². The normalized spacial score (nSPS) is 20.2. The van der Waals surface area contributed by atoms with E-state index in [-0.39, 0.29) is 17.7 Å². The van der Waals surface area contributed by atoms with Crippen molar-refractivity contribution in [2.24, 2.45) is 5.92 Å². The monoisotopic (exact) mass is 435 g/mol. The van der Waals surface area contributed by atoms with Crippen LogP contribution in [0.15, 0.2) is 30.3 Å². The highest BCUT2D eigenvalue weighted by Gasteiger charge is 2.38. The Morgan fingerprint density at radius 3 is 2.13 bits per heavy atom. The van der Waals surface area contributed by atoms with Crippen LogP contribution in [-0.4, -0.2) is 66.9 Å². The molecule has 0 aliphatic carbocycles. The van der Waals surface area contributed by atoms with E-state index in [0.717, 1.165) is 32.4 Å². The van der Waals surface area contributed by atoms with E-state index in [4.69, 9.17) is 0 Å². The number of hydrogen-bond donors (Lipinski definition) is 1. The number of piperidine rings is 2. The first-order valence-electron chi connectivity index (χ1n) is 10.9. The summed E-state index contributed by atoms with van der Waals surface area (Å²) in [6, 6.07) is 8.28. The molecular formula is C22H33N3O4S. The first kappa shape index (κ1) is 22.7. The highest BCUT2D eigenvalue weighted by Crippen LogP contribution is 2.26. The van der Waals surface area contributed by atoms with Gasteiger partial charge in [0.15, 0.2) is 0 Å². The molecule has 0 spiro atoms. The molecule has 1 N–H and O–H groups in total. The van der Waals surface area contributed by atoms with Crippen LogP contribution in [0.5, 0.6) is 0 Å². The van der Waals surface area contributed by atoms with E-state index >= 15 is 0 Å². The van der Waals surface area contributed by atoms with E-state index in [0.29, 0.717) is 31.5 Å². The lowest BCUT2D eigenvalue weighted by Crippen LogP contribution is -2.55. The van der Waals surface area contributed by atoms with E-state index in [9.17, 15) is 18.0 Å². The Morgan fingerprint density at radius 1 is 0.967 bits per heavy atom. The van der Waals surface area contributed by atoms with Crippen LogP contribution in [0.1, 0.15) is 56.3 Å². The number of carbonyl (C=O) groups excluding carboxylic acids is 2. The maximum atomic E-state index is 13.3. The Balaban J connectivity index is 1.74. The van der Waals surface area contributed by atoms with Gasteiger partial charge >= 0.3 is 0 Å². The van der Waals surface area contributed by atoms with Crippen molar-refractivity contribution in [2.75, 3.05) is 26.2 Å². The predicted octanol–water partition coefficient (Wildman–Crippen LogP) is 2.25. The Bertz CT molecular complexity index is 827. The van der Waals surface area contributed by atoms with Crippen LogP contribution in [-0.2, 0) is 14.8 Å². The molecule has 8 heteroatoms. The lowest BCUT2D eigenvalue weighted by molar-refractivity contribution is -0.135. The van der Waals surface area contributed by atoms with Gasteiger partial charge < -0.3 is 10.2 Å². The highest BCUT2D eigenvalue weighted by molar-refractivity contribution is 7.89. The van der Waals surface area contributed by atoms with E-state index in [1.807, 2.05) is 11.0 Å². The molecule has 1 aromatic rings. The summed E-state index contributed by atoms with van der Waals surface area (Å²) in [5, 5.41) is 2.52. The van der Waals surface area contributed by atoms with Crippen molar-refractivity contribution in [1.29, 1.82) is 0 Å². The van der Waals surface area contributed by atoms with Gasteiger partial charge in [0.05, 0.1) is 5.25 Å². The van der Waals surface area contributed by atoms with Crippen molar-refractivity contribution < 1.29 is 18.0 Å². The number of likely N-dealkylation sites (tertiary alicyclic amines) is 1. The second-order valence-corrected chi connectivity index (χ2v) is 11.0. The molecule has 2 heterocycles. The summed E-state index contributed by atoms with van der Waals surface area (Å²) < 4.78 is 26.5. The van der Waals surface area contributed by atoms with Gasteiger partial charge in [0.25, 0.3) is 5.91 Å². The van der Waals surface area contributed by atoms with Crippen molar-refractivity contribution in [2.45, 2.75) is 57.2 Å². The molecule has 2 aliphatic rings. The van der Waals surface area contributed by atoms with Crippen molar-refractivity contribution in [3.63, 3.8) is 0 Å². The quantitative estimate of drug-likeness (QED) is 0.742. The summed E-state index contributed by atoms with van der Waals surface area (Å²) >= 11 is 0. The zero-order valence-corrected chi connectivity index (χ0v) is 18.7. The summed E-state index contributed by atoms with van der Waals surface area (Å²) in [7, 11) is -3.31. The topological polar surface area (TPSA) is 86.8 Å². The fraction of sp³-hybridized carbons (Fsp3) is 0.636. The number of nitrogens with zero attached hydrogens (tertiary/aromatic N) is 2. The van der Waals surface area contributed by atoms with Gasteiger partial charge in [0.2, 0.25) is 15.9 Å². The summed E-state index contributed by atoms with van der Waals surface area (Å²) in [5.74, 6) is -0.377. The molecular weight excluding hydrogens is 402 g/mol. The lowest BCUT2D eigenvalue weighted by atomic mass is 9.88. The molecule has 1 aromatic carbocycles. The van der Waals surface area contributed by atoms with Crippen LogP contribution in [0.3, 0.4) is 0 Å². The number of nitrogens with one attached hydrogen (secondary N) is 1. The van der Waals surface area contributed by atoms with Crippen LogP contribution < -0.4 is 5.32 Å². The van der Waals surface area contributed by atoms with Crippen molar-refractivity contribution >= 4 is 21.8 Å². The number of carbonyl (C=O) groups is 2. The van der Waals surface area contributed by atoms with Crippen molar-refractivity contribution in [1.82, 2.24) is 14.5 Å². The second kappa shape index (κ2) is 9.92. The lowest BCUT2D eigenvalue weighted by Gasteiger charge is -2.38. The minimum atomic E-state index is -3.31. The molecule has 2 fully saturated rings. The maximum absolute atomic E-state index is 13.3. The van der Waals surface area contributed by atoms with E-state index < -0.39 is 21.3 Å². The third kappa shape index (κ3) is 5.21. The number of hydrogen-bond acceptors (Lipinski definition) is 4. The third-order valence-electron chi connectivity index (χ3n) is 6.18. The standard InChI is InChI=1S/C22H33N3O4S/c1-17(2)30(28,29)25-15-11-18(12-16-25)20(22(27)24-13-7-4-8-14-24)23-21(26)19-9-5-3-6-10-19/h3,5-6,9-10,17-18,20H,4,7-8,11-16H2,1-2H3,(H,23,26). The predicted molar refractivity (Wildman–Crippen MR) is 116 cm³/mol. The first-order valence-corrected chi connectivity index (χ1v) is 12.4. The van der Waals surface area contributed by atoms with Gasteiger partial charge in [-0.15, -0.1) is 0 Å². The minimum Gasteiger partial charge on any atom is -0.341 e. The fourth-order valence-electron chi connectivity index (χ4n) is 4.27. The van der Waals surface area contributed by atoms with Gasteiger partial charge in [-0.05, 0) is 64.0 Å². The Kier molecular flexibility index (Phi) is 7.52. The third-order valence-corrected chi connectivity index (χ3v) is 8.46. The molecule has 166 valence electrons. The first-order chi connectivity index (χ1) is 14.3. The fourth-order valence-corrected chi connectivity index (χ4v) is 5.58. The SMILES string of the molecule is CC(C)S(=O)(=O)N1CCC(C(NC(=O)c2ccccc2)C(=O)N2CCCCC2)CC1. The molecule has 2 aliphatic heterocycles. The molecule has 0 saturated carbocycles. The van der Waals surface area contributed by atoms with Crippen LogP contribution in [0.4, 0.5) is 0 Å². The molecule has 1 unspecified atom stereocenters. The molecule has 1 atom stereocenters. The van der Waals surface area contributed by atoms with Gasteiger partial charge in [0, 0.05) is 31.7 Å². The van der Waals surface area contributed by atoms with Crippen molar-refractivity contribution in [3.8, 4) is 0 Å². The Hall–Kier alpha value is -1.93. The Morgan fingerprint density at radius 2 is 1.57 bits per heavy atom. The molecule has 3 rings (SSSR count). The van der Waals surface area contributed by atoms with Gasteiger partial charge in [0.1, 0.15) is 6.04 Å².